The molecule has 0 bridgehead atoms. The van der Waals surface area contributed by atoms with Gasteiger partial charge in [0.25, 0.3) is 5.91 Å². The monoisotopic (exact) mass is 395 g/mol. The molecule has 2 saturated heterocycles. The smallest absolute Gasteiger partial charge is 0.292 e. The van der Waals surface area contributed by atoms with Crippen molar-refractivity contribution < 1.29 is 28.9 Å². The van der Waals surface area contributed by atoms with Crippen molar-refractivity contribution in [3.63, 3.8) is 0 Å². The molecule has 7 heteroatoms. The van der Waals surface area contributed by atoms with Gasteiger partial charge in [-0.25, -0.2) is 4.90 Å². The lowest BCUT2D eigenvalue weighted by molar-refractivity contribution is -1.02. The number of fused-ring (bicyclic) bond motifs is 1. The molecular formula is C22H25N3O4+2. The number of ether oxygens (including phenoxy) is 2. The van der Waals surface area contributed by atoms with E-state index in [2.05, 4.69) is 24.3 Å². The van der Waals surface area contributed by atoms with Gasteiger partial charge >= 0.3 is 0 Å². The van der Waals surface area contributed by atoms with Crippen LogP contribution >= 0.6 is 0 Å². The highest BCUT2D eigenvalue weighted by atomic mass is 16.7. The van der Waals surface area contributed by atoms with Gasteiger partial charge in [-0.2, -0.15) is 0 Å². The normalized spacial score (nSPS) is 26.2. The quantitative estimate of drug-likeness (QED) is 0.654. The Labute approximate surface area is 169 Å². The topological polar surface area (TPSA) is 64.7 Å². The average molecular weight is 395 g/mol. The van der Waals surface area contributed by atoms with Crippen LogP contribution in [0.25, 0.3) is 0 Å². The lowest BCUT2D eigenvalue weighted by atomic mass is 10.1. The highest BCUT2D eigenvalue weighted by molar-refractivity contribution is 6.22. The molecule has 29 heavy (non-hydrogen) atoms. The number of imide groups is 1. The van der Waals surface area contributed by atoms with E-state index in [9.17, 15) is 9.59 Å². The predicted octanol–water partition coefficient (Wildman–Crippen LogP) is -0.969. The van der Waals surface area contributed by atoms with E-state index in [0.29, 0.717) is 17.2 Å². The van der Waals surface area contributed by atoms with Crippen LogP contribution < -0.4 is 24.2 Å². The Morgan fingerprint density at radius 3 is 2.48 bits per heavy atom. The third-order valence-electron chi connectivity index (χ3n) is 6.15. The highest BCUT2D eigenvalue weighted by Gasteiger charge is 2.47. The molecule has 150 valence electrons. The average Bonchev–Trinajstić information content (AvgIpc) is 3.32. The van der Waals surface area contributed by atoms with Gasteiger partial charge in [0, 0.05) is 11.6 Å². The van der Waals surface area contributed by atoms with Crippen molar-refractivity contribution >= 4 is 17.5 Å². The summed E-state index contributed by atoms with van der Waals surface area (Å²) in [5, 5.41) is 0. The van der Waals surface area contributed by atoms with Gasteiger partial charge in [-0.3, -0.25) is 9.59 Å². The molecule has 2 N–H and O–H groups in total. The summed E-state index contributed by atoms with van der Waals surface area (Å²) in [5.41, 5.74) is 1.91. The van der Waals surface area contributed by atoms with Crippen LogP contribution in [0.1, 0.15) is 12.0 Å². The molecule has 0 unspecified atom stereocenters. The van der Waals surface area contributed by atoms with Gasteiger partial charge in [0.05, 0.1) is 12.1 Å². The molecule has 0 aliphatic carbocycles. The van der Waals surface area contributed by atoms with E-state index in [-0.39, 0.29) is 31.1 Å². The van der Waals surface area contributed by atoms with Crippen molar-refractivity contribution in [1.29, 1.82) is 0 Å². The fourth-order valence-electron chi connectivity index (χ4n) is 4.58. The fraction of sp³-hybridized carbons (Fsp3) is 0.364. The Kier molecular flexibility index (Phi) is 4.69. The molecule has 3 heterocycles. The molecule has 2 aromatic carbocycles. The molecule has 2 amide bonds. The Hall–Kier alpha value is -2.90. The number of hydrogen-bond donors (Lipinski definition) is 2. The number of nitrogens with zero attached hydrogens (tertiary/aromatic N) is 1. The van der Waals surface area contributed by atoms with Gasteiger partial charge in [0.15, 0.2) is 17.5 Å². The van der Waals surface area contributed by atoms with E-state index in [1.54, 1.807) is 18.2 Å². The summed E-state index contributed by atoms with van der Waals surface area (Å²) in [7, 11) is 0. The number of anilines is 1. The van der Waals surface area contributed by atoms with Gasteiger partial charge in [-0.05, 0) is 12.1 Å². The van der Waals surface area contributed by atoms with Crippen LogP contribution in [0.5, 0.6) is 11.5 Å². The van der Waals surface area contributed by atoms with Gasteiger partial charge < -0.3 is 19.3 Å². The third kappa shape index (κ3) is 3.47. The van der Waals surface area contributed by atoms with E-state index < -0.39 is 0 Å². The van der Waals surface area contributed by atoms with Crippen molar-refractivity contribution in [2.24, 2.45) is 0 Å². The lowest BCUT2D eigenvalue weighted by Gasteiger charge is -2.32. The molecule has 0 aromatic heterocycles. The number of amides is 2. The van der Waals surface area contributed by atoms with E-state index in [4.69, 9.17) is 9.47 Å². The van der Waals surface area contributed by atoms with Crippen LogP contribution in [-0.2, 0) is 16.1 Å². The molecule has 0 radical (unpaired) electrons. The molecule has 3 aliphatic heterocycles. The van der Waals surface area contributed by atoms with Crippen molar-refractivity contribution in [1.82, 2.24) is 0 Å². The van der Waals surface area contributed by atoms with Crippen LogP contribution in [0.15, 0.2) is 48.5 Å². The highest BCUT2D eigenvalue weighted by Crippen LogP contribution is 2.36. The minimum absolute atomic E-state index is 0.102. The van der Waals surface area contributed by atoms with Gasteiger partial charge in [0.1, 0.15) is 32.7 Å². The molecule has 0 spiro atoms. The minimum Gasteiger partial charge on any atom is -0.454 e. The second-order valence-corrected chi connectivity index (χ2v) is 7.93. The Bertz CT molecular complexity index is 925. The van der Waals surface area contributed by atoms with Gasteiger partial charge in [-0.1, -0.05) is 30.3 Å². The van der Waals surface area contributed by atoms with Gasteiger partial charge in [0.2, 0.25) is 12.7 Å². The number of benzene rings is 2. The molecule has 5 rings (SSSR count). The molecule has 7 nitrogen and oxygen atoms in total. The second-order valence-electron chi connectivity index (χ2n) is 7.93. The molecule has 2 fully saturated rings. The molecule has 1 atom stereocenters. The SMILES string of the molecule is O=C1C[C@@H]([NH+]2CC[NH+](Cc3ccccc3)CC2)C(=O)N1c1ccc2c(c1)OCO2. The van der Waals surface area contributed by atoms with E-state index in [0.717, 1.165) is 32.7 Å². The molecular weight excluding hydrogens is 370 g/mol. The number of rotatable bonds is 4. The number of quaternary nitrogens is 2. The number of hydrogen-bond acceptors (Lipinski definition) is 4. The maximum atomic E-state index is 13.1. The van der Waals surface area contributed by atoms with E-state index in [1.165, 1.54) is 20.3 Å². The zero-order valence-electron chi connectivity index (χ0n) is 16.2. The first-order valence-corrected chi connectivity index (χ1v) is 10.2. The standard InChI is InChI=1S/C22H23N3O4/c26-21-13-18(22(27)25(21)17-6-7-19-20(12-17)29-15-28-19)24-10-8-23(9-11-24)14-16-4-2-1-3-5-16/h1-7,12,18H,8-11,13-15H2/p+2/t18-/m1/s1. The maximum absolute atomic E-state index is 13.1. The summed E-state index contributed by atoms with van der Waals surface area (Å²) in [6.45, 7) is 5.00. The van der Waals surface area contributed by atoms with Crippen LogP contribution in [0.2, 0.25) is 0 Å². The first-order chi connectivity index (χ1) is 14.2. The summed E-state index contributed by atoms with van der Waals surface area (Å²) < 4.78 is 10.7. The van der Waals surface area contributed by atoms with E-state index in [1.807, 2.05) is 6.07 Å². The lowest BCUT2D eigenvalue weighted by Crippen LogP contribution is -3.29. The first kappa shape index (κ1) is 18.1. The largest absolute Gasteiger partial charge is 0.454 e. The fourth-order valence-corrected chi connectivity index (χ4v) is 4.58. The summed E-state index contributed by atoms with van der Waals surface area (Å²) in [6.07, 6.45) is 0.274. The van der Waals surface area contributed by atoms with Crippen molar-refractivity contribution in [2.75, 3.05) is 37.9 Å². The van der Waals surface area contributed by atoms with Crippen LogP contribution in [0.3, 0.4) is 0 Å². The number of carbonyl (C=O) groups is 2. The van der Waals surface area contributed by atoms with E-state index >= 15 is 0 Å². The van der Waals surface area contributed by atoms with Gasteiger partial charge in [-0.15, -0.1) is 0 Å². The maximum Gasteiger partial charge on any atom is 0.292 e. The number of piperazine rings is 1. The first-order valence-electron chi connectivity index (χ1n) is 10.2. The molecule has 0 saturated carbocycles. The van der Waals surface area contributed by atoms with Crippen molar-refractivity contribution in [3.8, 4) is 11.5 Å². The van der Waals surface area contributed by atoms with Crippen LogP contribution in [-0.4, -0.2) is 50.8 Å². The second kappa shape index (κ2) is 7.50. The van der Waals surface area contributed by atoms with Crippen molar-refractivity contribution in [2.45, 2.75) is 19.0 Å². The zero-order valence-corrected chi connectivity index (χ0v) is 16.2. The summed E-state index contributed by atoms with van der Waals surface area (Å²) >= 11 is 0. The Morgan fingerprint density at radius 1 is 0.931 bits per heavy atom. The van der Waals surface area contributed by atoms with Crippen LogP contribution in [0, 0.1) is 0 Å². The van der Waals surface area contributed by atoms with Crippen molar-refractivity contribution in [3.05, 3.63) is 54.1 Å². The predicted molar refractivity (Wildman–Crippen MR) is 105 cm³/mol. The molecule has 3 aliphatic rings. The number of carbonyl (C=O) groups excluding carboxylic acids is 2. The minimum atomic E-state index is -0.286. The Morgan fingerprint density at radius 2 is 1.69 bits per heavy atom. The summed E-state index contributed by atoms with van der Waals surface area (Å²) in [4.78, 5) is 29.8. The summed E-state index contributed by atoms with van der Waals surface area (Å²) in [6, 6.07) is 15.4. The zero-order chi connectivity index (χ0) is 19.8. The number of nitrogens with one attached hydrogen (secondary N) is 2. The third-order valence-corrected chi connectivity index (χ3v) is 6.15. The summed E-state index contributed by atoms with van der Waals surface area (Å²) in [5.74, 6) is 0.991. The van der Waals surface area contributed by atoms with Crippen LogP contribution in [0.4, 0.5) is 5.69 Å². The Balaban J connectivity index is 1.24. The molecule has 2 aromatic rings.